The lowest BCUT2D eigenvalue weighted by Gasteiger charge is -2.19. The zero-order chi connectivity index (χ0) is 11.1. The van der Waals surface area contributed by atoms with Crippen molar-refractivity contribution >= 4 is 33.6 Å². The van der Waals surface area contributed by atoms with Gasteiger partial charge in [0, 0.05) is 9.85 Å². The maximum Gasteiger partial charge on any atom is 0.0406 e. The average Bonchev–Trinajstić information content (AvgIpc) is 2.85. The molecule has 0 heterocycles. The number of rotatable bonds is 1. The van der Waals surface area contributed by atoms with Crippen LogP contribution in [0.5, 0.6) is 0 Å². The van der Waals surface area contributed by atoms with Crippen molar-refractivity contribution in [1.82, 2.24) is 0 Å². The molecule has 1 aromatic carbocycles. The highest BCUT2D eigenvalue weighted by atomic mass is 79.9. The maximum atomic E-state index is 5.89. The summed E-state index contributed by atoms with van der Waals surface area (Å²) in [6.45, 7) is 0. The average molecular weight is 298 g/mol. The van der Waals surface area contributed by atoms with Gasteiger partial charge in [-0.25, -0.2) is 0 Å². The molecule has 0 saturated heterocycles. The first-order valence-electron chi connectivity index (χ1n) is 5.85. The van der Waals surface area contributed by atoms with E-state index in [1.807, 2.05) is 12.1 Å². The van der Waals surface area contributed by atoms with E-state index in [0.717, 1.165) is 16.9 Å². The lowest BCUT2D eigenvalue weighted by atomic mass is 9.93. The minimum atomic E-state index is 0.613. The summed E-state index contributed by atoms with van der Waals surface area (Å²) in [5.74, 6) is 1.70. The molecule has 16 heavy (non-hydrogen) atoms. The Morgan fingerprint density at radius 1 is 1.19 bits per heavy atom. The Kier molecular flexibility index (Phi) is 2.85. The van der Waals surface area contributed by atoms with Gasteiger partial charge >= 0.3 is 0 Å². The SMILES string of the molecule is Clc1ccc(/C=C2\[C@@H]3CC[C@@H](C3)[C@H]2Br)cc1. The Morgan fingerprint density at radius 2 is 1.94 bits per heavy atom. The van der Waals surface area contributed by atoms with Crippen LogP contribution in [0.15, 0.2) is 29.8 Å². The van der Waals surface area contributed by atoms with Gasteiger partial charge in [-0.05, 0) is 48.8 Å². The Bertz CT molecular complexity index is 417. The highest BCUT2D eigenvalue weighted by molar-refractivity contribution is 9.09. The third-order valence-corrected chi connectivity index (χ3v) is 5.41. The first kappa shape index (κ1) is 10.9. The van der Waals surface area contributed by atoms with E-state index in [-0.39, 0.29) is 0 Å². The lowest BCUT2D eigenvalue weighted by Crippen LogP contribution is -2.12. The number of hydrogen-bond donors (Lipinski definition) is 0. The highest BCUT2D eigenvalue weighted by Crippen LogP contribution is 2.51. The van der Waals surface area contributed by atoms with Gasteiger partial charge in [0.25, 0.3) is 0 Å². The van der Waals surface area contributed by atoms with Crippen molar-refractivity contribution in [3.63, 3.8) is 0 Å². The van der Waals surface area contributed by atoms with Crippen molar-refractivity contribution in [2.45, 2.75) is 24.1 Å². The number of benzene rings is 1. The molecule has 3 atom stereocenters. The van der Waals surface area contributed by atoms with Gasteiger partial charge in [-0.1, -0.05) is 51.3 Å². The first-order chi connectivity index (χ1) is 7.74. The van der Waals surface area contributed by atoms with Gasteiger partial charge < -0.3 is 0 Å². The molecule has 2 saturated carbocycles. The Balaban J connectivity index is 1.89. The second-order valence-corrected chi connectivity index (χ2v) is 6.29. The summed E-state index contributed by atoms with van der Waals surface area (Å²) in [5.41, 5.74) is 2.87. The molecule has 2 aliphatic rings. The second kappa shape index (κ2) is 4.19. The van der Waals surface area contributed by atoms with Crippen molar-refractivity contribution in [2.24, 2.45) is 11.8 Å². The molecule has 0 nitrogen and oxygen atoms in total. The maximum absolute atomic E-state index is 5.89. The molecule has 3 rings (SSSR count). The van der Waals surface area contributed by atoms with E-state index in [1.54, 1.807) is 5.57 Å². The van der Waals surface area contributed by atoms with E-state index in [0.29, 0.717) is 4.83 Å². The highest BCUT2D eigenvalue weighted by Gasteiger charge is 2.41. The fourth-order valence-corrected chi connectivity index (χ4v) is 4.14. The number of alkyl halides is 1. The Hall–Kier alpha value is -0.270. The molecule has 0 amide bonds. The molecule has 0 aromatic heterocycles. The molecule has 2 fully saturated rings. The van der Waals surface area contributed by atoms with Crippen LogP contribution in [0.4, 0.5) is 0 Å². The monoisotopic (exact) mass is 296 g/mol. The van der Waals surface area contributed by atoms with Crippen molar-refractivity contribution in [1.29, 1.82) is 0 Å². The Labute approximate surface area is 110 Å². The van der Waals surface area contributed by atoms with Crippen LogP contribution in [0.1, 0.15) is 24.8 Å². The quantitative estimate of drug-likeness (QED) is 0.646. The van der Waals surface area contributed by atoms with Crippen LogP contribution in [-0.2, 0) is 0 Å². The van der Waals surface area contributed by atoms with Crippen molar-refractivity contribution in [2.75, 3.05) is 0 Å². The van der Waals surface area contributed by atoms with E-state index in [1.165, 1.54) is 24.8 Å². The second-order valence-electron chi connectivity index (χ2n) is 4.87. The van der Waals surface area contributed by atoms with Crippen molar-refractivity contribution in [3.8, 4) is 0 Å². The molecule has 0 aliphatic heterocycles. The molecule has 0 unspecified atom stereocenters. The van der Waals surface area contributed by atoms with Gasteiger partial charge in [-0.2, -0.15) is 0 Å². The molecular weight excluding hydrogens is 284 g/mol. The fourth-order valence-electron chi connectivity index (χ4n) is 3.03. The van der Waals surface area contributed by atoms with Crippen molar-refractivity contribution in [3.05, 3.63) is 40.4 Å². The molecule has 0 radical (unpaired) electrons. The van der Waals surface area contributed by atoms with E-state index in [4.69, 9.17) is 11.6 Å². The minimum Gasteiger partial charge on any atom is -0.0843 e. The van der Waals surface area contributed by atoms with Crippen LogP contribution in [0.3, 0.4) is 0 Å². The van der Waals surface area contributed by atoms with Crippen LogP contribution in [0.2, 0.25) is 5.02 Å². The van der Waals surface area contributed by atoms with Crippen LogP contribution in [-0.4, -0.2) is 4.83 Å². The smallest absolute Gasteiger partial charge is 0.0406 e. The normalized spacial score (nSPS) is 34.9. The summed E-state index contributed by atoms with van der Waals surface area (Å²) >= 11 is 9.73. The third kappa shape index (κ3) is 1.84. The summed E-state index contributed by atoms with van der Waals surface area (Å²) < 4.78 is 0. The largest absolute Gasteiger partial charge is 0.0843 e. The molecule has 2 heteroatoms. The van der Waals surface area contributed by atoms with E-state index in [9.17, 15) is 0 Å². The number of fused-ring (bicyclic) bond motifs is 2. The molecule has 0 spiro atoms. The third-order valence-electron chi connectivity index (χ3n) is 3.88. The summed E-state index contributed by atoms with van der Waals surface area (Å²) in [4.78, 5) is 0.613. The van der Waals surface area contributed by atoms with Crippen LogP contribution >= 0.6 is 27.5 Å². The van der Waals surface area contributed by atoms with Gasteiger partial charge in [-0.15, -0.1) is 0 Å². The van der Waals surface area contributed by atoms with Crippen LogP contribution in [0.25, 0.3) is 6.08 Å². The van der Waals surface area contributed by atoms with Crippen LogP contribution in [0, 0.1) is 11.8 Å². The van der Waals surface area contributed by atoms with E-state index < -0.39 is 0 Å². The summed E-state index contributed by atoms with van der Waals surface area (Å²) in [7, 11) is 0. The van der Waals surface area contributed by atoms with Gasteiger partial charge in [0.05, 0.1) is 0 Å². The molecule has 0 N–H and O–H groups in total. The van der Waals surface area contributed by atoms with Gasteiger partial charge in [-0.3, -0.25) is 0 Å². The minimum absolute atomic E-state index is 0.613. The zero-order valence-electron chi connectivity index (χ0n) is 9.00. The predicted molar refractivity (Wildman–Crippen MR) is 73.0 cm³/mol. The molecule has 1 aromatic rings. The molecule has 2 bridgehead atoms. The van der Waals surface area contributed by atoms with E-state index in [2.05, 4.69) is 34.1 Å². The van der Waals surface area contributed by atoms with Gasteiger partial charge in [0.1, 0.15) is 0 Å². The van der Waals surface area contributed by atoms with Crippen LogP contribution < -0.4 is 0 Å². The fraction of sp³-hybridized carbons (Fsp3) is 0.429. The van der Waals surface area contributed by atoms with Gasteiger partial charge in [0.2, 0.25) is 0 Å². The Morgan fingerprint density at radius 3 is 2.56 bits per heavy atom. The standard InChI is InChI=1S/C14H14BrCl/c15-14-11-4-3-10(8-11)13(14)7-9-1-5-12(16)6-2-9/h1-2,5-7,10-11,14H,3-4,8H2/b13-7+/t10-,11+,14-/m1/s1. The topological polar surface area (TPSA) is 0 Å². The van der Waals surface area contributed by atoms with E-state index >= 15 is 0 Å². The first-order valence-corrected chi connectivity index (χ1v) is 7.14. The molecular formula is C14H14BrCl. The number of allylic oxidation sites excluding steroid dienone is 1. The predicted octanol–water partition coefficient (Wildman–Crippen LogP) is 4.92. The zero-order valence-corrected chi connectivity index (χ0v) is 11.3. The lowest BCUT2D eigenvalue weighted by molar-refractivity contribution is 0.581. The molecule has 2 aliphatic carbocycles. The number of halogens is 2. The molecule has 84 valence electrons. The van der Waals surface area contributed by atoms with Gasteiger partial charge in [0.15, 0.2) is 0 Å². The number of hydrogen-bond acceptors (Lipinski definition) is 0. The summed E-state index contributed by atoms with van der Waals surface area (Å²) in [6.07, 6.45) is 6.51. The summed E-state index contributed by atoms with van der Waals surface area (Å²) in [6, 6.07) is 8.12. The summed E-state index contributed by atoms with van der Waals surface area (Å²) in [5, 5.41) is 0.811. The van der Waals surface area contributed by atoms with Crippen molar-refractivity contribution < 1.29 is 0 Å².